The van der Waals surface area contributed by atoms with Crippen LogP contribution in [0.3, 0.4) is 0 Å². The van der Waals surface area contributed by atoms with Crippen molar-refractivity contribution in [3.8, 4) is 0 Å². The topological polar surface area (TPSA) is 34.1 Å². The second kappa shape index (κ2) is 24.2. The summed E-state index contributed by atoms with van der Waals surface area (Å²) < 4.78 is 0. The van der Waals surface area contributed by atoms with E-state index in [9.17, 15) is 9.59 Å². The van der Waals surface area contributed by atoms with Gasteiger partial charge in [0.2, 0.25) is 0 Å². The van der Waals surface area contributed by atoms with Gasteiger partial charge in [-0.2, -0.15) is 23.5 Å². The lowest BCUT2D eigenvalue weighted by Gasteiger charge is -2.10. The second-order valence-electron chi connectivity index (χ2n) is 9.59. The molecule has 0 aromatic rings. The van der Waals surface area contributed by atoms with Gasteiger partial charge in [-0.3, -0.25) is 9.59 Å². The Morgan fingerprint density at radius 3 is 1.16 bits per heavy atom. The molecule has 0 aliphatic rings. The van der Waals surface area contributed by atoms with E-state index in [-0.39, 0.29) is 0 Å². The van der Waals surface area contributed by atoms with Crippen molar-refractivity contribution in [2.75, 3.05) is 11.5 Å². The lowest BCUT2D eigenvalue weighted by Crippen LogP contribution is -2.07. The van der Waals surface area contributed by atoms with Gasteiger partial charge in [0, 0.05) is 36.2 Å². The molecule has 0 spiro atoms. The van der Waals surface area contributed by atoms with Crippen LogP contribution >= 0.6 is 23.5 Å². The van der Waals surface area contributed by atoms with Crippen LogP contribution in [0.25, 0.3) is 0 Å². The van der Waals surface area contributed by atoms with Crippen LogP contribution in [-0.4, -0.2) is 33.6 Å². The molecule has 0 aliphatic carbocycles. The van der Waals surface area contributed by atoms with Crippen LogP contribution in [0.1, 0.15) is 143 Å². The van der Waals surface area contributed by atoms with Crippen LogP contribution in [0.2, 0.25) is 0 Å². The molecule has 0 rings (SSSR count). The summed E-state index contributed by atoms with van der Waals surface area (Å²) in [5, 5.41) is 0.989. The first-order chi connectivity index (χ1) is 15.5. The predicted octanol–water partition coefficient (Wildman–Crippen LogP) is 9.43. The largest absolute Gasteiger partial charge is 0.300 e. The molecule has 4 heteroatoms. The van der Waals surface area contributed by atoms with Crippen molar-refractivity contribution in [3.63, 3.8) is 0 Å². The smallest absolute Gasteiger partial charge is 0.134 e. The number of Topliss-reactive ketones (excluding diaryl/α,β-unsaturated/α-hetero) is 2. The van der Waals surface area contributed by atoms with Crippen LogP contribution < -0.4 is 0 Å². The summed E-state index contributed by atoms with van der Waals surface area (Å²) in [5.74, 6) is 3.33. The van der Waals surface area contributed by atoms with Gasteiger partial charge in [-0.05, 0) is 37.2 Å². The number of hydrogen-bond acceptors (Lipinski definition) is 4. The van der Waals surface area contributed by atoms with Gasteiger partial charge in [-0.15, -0.1) is 0 Å². The fraction of sp³-hybridized carbons (Fsp3) is 0.929. The Balaban J connectivity index is 3.31. The molecule has 2 nitrogen and oxygen atoms in total. The monoisotopic (exact) mass is 486 g/mol. The maximum absolute atomic E-state index is 11.8. The third-order valence-electron chi connectivity index (χ3n) is 5.99. The zero-order chi connectivity index (χ0) is 23.9. The predicted molar refractivity (Wildman–Crippen MR) is 148 cm³/mol. The van der Waals surface area contributed by atoms with Crippen LogP contribution in [0, 0.1) is 0 Å². The van der Waals surface area contributed by atoms with Crippen LogP contribution in [0.4, 0.5) is 0 Å². The summed E-state index contributed by atoms with van der Waals surface area (Å²) in [6.07, 6.45) is 21.0. The van der Waals surface area contributed by atoms with Gasteiger partial charge in [-0.25, -0.2) is 0 Å². The molecular formula is C28H54O2S2. The van der Waals surface area contributed by atoms with E-state index in [0.29, 0.717) is 22.1 Å². The first kappa shape index (κ1) is 32.0. The van der Waals surface area contributed by atoms with Crippen LogP contribution in [0.5, 0.6) is 0 Å². The van der Waals surface area contributed by atoms with Gasteiger partial charge in [-0.1, -0.05) is 91.9 Å². The van der Waals surface area contributed by atoms with E-state index < -0.39 is 0 Å². The van der Waals surface area contributed by atoms with Gasteiger partial charge >= 0.3 is 0 Å². The van der Waals surface area contributed by atoms with Crippen molar-refractivity contribution in [1.29, 1.82) is 0 Å². The molecule has 32 heavy (non-hydrogen) atoms. The number of hydrogen-bond donors (Lipinski definition) is 0. The molecule has 0 bridgehead atoms. The van der Waals surface area contributed by atoms with Gasteiger partial charge in [0.15, 0.2) is 0 Å². The first-order valence-corrected chi connectivity index (χ1v) is 15.9. The molecule has 0 N–H and O–H groups in total. The number of carbonyl (C=O) groups excluding carboxylic acids is 2. The van der Waals surface area contributed by atoms with E-state index in [1.54, 1.807) is 0 Å². The molecule has 2 atom stereocenters. The quantitative estimate of drug-likeness (QED) is 0.120. The Morgan fingerprint density at radius 1 is 0.531 bits per heavy atom. The highest BCUT2D eigenvalue weighted by atomic mass is 32.2. The minimum Gasteiger partial charge on any atom is -0.300 e. The summed E-state index contributed by atoms with van der Waals surface area (Å²) in [5.41, 5.74) is 0. The van der Waals surface area contributed by atoms with E-state index in [4.69, 9.17) is 0 Å². The van der Waals surface area contributed by atoms with Crippen LogP contribution in [-0.2, 0) is 9.59 Å². The van der Waals surface area contributed by atoms with Gasteiger partial charge in [0.1, 0.15) is 11.6 Å². The highest BCUT2D eigenvalue weighted by molar-refractivity contribution is 8.00. The molecule has 0 aliphatic heterocycles. The van der Waals surface area contributed by atoms with E-state index in [0.717, 1.165) is 51.4 Å². The maximum atomic E-state index is 11.8. The van der Waals surface area contributed by atoms with E-state index in [1.807, 2.05) is 23.5 Å². The lowest BCUT2D eigenvalue weighted by atomic mass is 10.1. The lowest BCUT2D eigenvalue weighted by molar-refractivity contribution is -0.119. The number of carbonyl (C=O) groups is 2. The number of rotatable bonds is 25. The van der Waals surface area contributed by atoms with Crippen LogP contribution in [0.15, 0.2) is 0 Å². The summed E-state index contributed by atoms with van der Waals surface area (Å²) in [7, 11) is 0. The van der Waals surface area contributed by atoms with Gasteiger partial charge in [0.05, 0.1) is 0 Å². The zero-order valence-electron chi connectivity index (χ0n) is 21.9. The Morgan fingerprint density at radius 2 is 0.844 bits per heavy atom. The molecule has 0 aromatic carbocycles. The third-order valence-corrected chi connectivity index (χ3v) is 8.51. The molecule has 0 fully saturated rings. The Labute approximate surface area is 209 Å². The second-order valence-corrected chi connectivity index (χ2v) is 12.7. The van der Waals surface area contributed by atoms with Gasteiger partial charge in [0.25, 0.3) is 0 Å². The molecular weight excluding hydrogens is 432 g/mol. The Bertz CT molecular complexity index is 399. The average molecular weight is 487 g/mol. The molecule has 2 unspecified atom stereocenters. The van der Waals surface area contributed by atoms with Gasteiger partial charge < -0.3 is 0 Å². The van der Waals surface area contributed by atoms with E-state index >= 15 is 0 Å². The Kier molecular flexibility index (Phi) is 24.2. The summed E-state index contributed by atoms with van der Waals surface area (Å²) in [6.45, 7) is 8.72. The molecule has 0 saturated carbocycles. The SMILES string of the molecule is CCCCC(=O)CC(C)SCCCCCCCCCCCCSC(C)CC(=O)CCCC. The number of thioether (sulfide) groups is 2. The van der Waals surface area contributed by atoms with E-state index in [1.165, 1.54) is 75.7 Å². The zero-order valence-corrected chi connectivity index (χ0v) is 23.6. The van der Waals surface area contributed by atoms with Crippen molar-refractivity contribution in [2.45, 2.75) is 154 Å². The first-order valence-electron chi connectivity index (χ1n) is 13.8. The van der Waals surface area contributed by atoms with Crippen molar-refractivity contribution in [1.82, 2.24) is 0 Å². The minimum atomic E-state index is 0.453. The number of unbranched alkanes of at least 4 members (excludes halogenated alkanes) is 11. The Hall–Kier alpha value is 0.0400. The fourth-order valence-corrected chi connectivity index (χ4v) is 6.05. The molecule has 0 saturated heterocycles. The normalized spacial score (nSPS) is 13.2. The van der Waals surface area contributed by atoms with E-state index in [2.05, 4.69) is 27.7 Å². The standard InChI is InChI=1S/C28H54O2S2/c1-5-7-19-27(29)23-25(3)31-21-17-15-13-11-9-10-12-14-16-18-22-32-26(4)24-28(30)20-8-6-2/h25-26H,5-24H2,1-4H3. The number of ketones is 2. The van der Waals surface area contributed by atoms with Crippen molar-refractivity contribution >= 4 is 35.1 Å². The van der Waals surface area contributed by atoms with Crippen molar-refractivity contribution in [2.24, 2.45) is 0 Å². The molecule has 0 heterocycles. The fourth-order valence-electron chi connectivity index (χ4n) is 3.90. The molecule has 190 valence electrons. The summed E-state index contributed by atoms with van der Waals surface area (Å²) >= 11 is 3.98. The summed E-state index contributed by atoms with van der Waals surface area (Å²) in [6, 6.07) is 0. The summed E-state index contributed by atoms with van der Waals surface area (Å²) in [4.78, 5) is 23.6. The third kappa shape index (κ3) is 23.2. The average Bonchev–Trinajstić information content (AvgIpc) is 2.76. The van der Waals surface area contributed by atoms with Crippen molar-refractivity contribution in [3.05, 3.63) is 0 Å². The maximum Gasteiger partial charge on any atom is 0.134 e. The highest BCUT2D eigenvalue weighted by Crippen LogP contribution is 2.20. The molecule has 0 amide bonds. The highest BCUT2D eigenvalue weighted by Gasteiger charge is 2.09. The molecule has 0 aromatic heterocycles. The van der Waals surface area contributed by atoms with Crippen molar-refractivity contribution < 1.29 is 9.59 Å². The minimum absolute atomic E-state index is 0.453. The molecule has 0 radical (unpaired) electrons.